The van der Waals surface area contributed by atoms with Gasteiger partial charge in [0, 0.05) is 11.8 Å². The Balaban J connectivity index is 1.63. The van der Waals surface area contributed by atoms with Gasteiger partial charge in [-0.15, -0.1) is 0 Å². The highest BCUT2D eigenvalue weighted by atomic mass is 14.5. The average Bonchev–Trinajstić information content (AvgIpc) is 3.55. The lowest BCUT2D eigenvalue weighted by Gasteiger charge is -2.41. The first-order valence-corrected chi connectivity index (χ1v) is 13.7. The highest BCUT2D eigenvalue weighted by Crippen LogP contribution is 2.64. The van der Waals surface area contributed by atoms with E-state index in [1.165, 1.54) is 51.4 Å². The Morgan fingerprint density at radius 2 is 1.12 bits per heavy atom. The fourth-order valence-electron chi connectivity index (χ4n) is 7.62. The first-order valence-electron chi connectivity index (χ1n) is 13.7. The molecule has 0 nitrogen and oxygen atoms in total. The van der Waals surface area contributed by atoms with E-state index in [2.05, 4.69) is 88.4 Å². The lowest BCUT2D eigenvalue weighted by Crippen LogP contribution is -2.30. The zero-order valence-electron chi connectivity index (χ0n) is 21.2. The predicted molar refractivity (Wildman–Crippen MR) is 143 cm³/mol. The summed E-state index contributed by atoms with van der Waals surface area (Å²) < 4.78 is 0. The molecule has 0 amide bonds. The van der Waals surface area contributed by atoms with Crippen LogP contribution in [0.4, 0.5) is 0 Å². The molecule has 0 heterocycles. The second-order valence-electron chi connectivity index (χ2n) is 11.2. The van der Waals surface area contributed by atoms with Crippen molar-refractivity contribution < 1.29 is 0 Å². The van der Waals surface area contributed by atoms with E-state index >= 15 is 0 Å². The van der Waals surface area contributed by atoms with Gasteiger partial charge in [-0.25, -0.2) is 0 Å². The Morgan fingerprint density at radius 1 is 0.697 bits per heavy atom. The third-order valence-electron chi connectivity index (χ3n) is 9.18. The molecule has 0 spiro atoms. The number of fused-ring (bicyclic) bond motifs is 2. The van der Waals surface area contributed by atoms with Crippen molar-refractivity contribution in [2.24, 2.45) is 17.3 Å². The first-order chi connectivity index (χ1) is 16.1. The van der Waals surface area contributed by atoms with Gasteiger partial charge in [-0.1, -0.05) is 114 Å². The standard InChI is InChI=1S/C33H42/c1-5-13-23(3)29-21-31(27-17-9-7-15-25(27)29)33(19-11-12-20-33)32-22-30(24(4)14-6-2)26-16-8-10-18-28(26)32/h7-10,15-18,21-24,31-32H,5-6,11-14,19-20H2,1-4H3. The van der Waals surface area contributed by atoms with E-state index in [1.54, 1.807) is 33.4 Å². The molecular weight excluding hydrogens is 396 g/mol. The van der Waals surface area contributed by atoms with Crippen LogP contribution in [0.2, 0.25) is 0 Å². The quantitative estimate of drug-likeness (QED) is 0.384. The molecule has 0 N–H and O–H groups in total. The van der Waals surface area contributed by atoms with Gasteiger partial charge in [0.05, 0.1) is 0 Å². The molecule has 174 valence electrons. The minimum absolute atomic E-state index is 0.313. The molecule has 0 aromatic heterocycles. The van der Waals surface area contributed by atoms with Crippen LogP contribution in [0.5, 0.6) is 0 Å². The monoisotopic (exact) mass is 438 g/mol. The lowest BCUT2D eigenvalue weighted by molar-refractivity contribution is 0.232. The maximum atomic E-state index is 2.74. The van der Waals surface area contributed by atoms with E-state index in [1.807, 2.05) is 0 Å². The number of hydrogen-bond acceptors (Lipinski definition) is 0. The molecule has 1 saturated carbocycles. The summed E-state index contributed by atoms with van der Waals surface area (Å²) in [5.41, 5.74) is 9.87. The zero-order valence-corrected chi connectivity index (χ0v) is 21.2. The van der Waals surface area contributed by atoms with Crippen molar-refractivity contribution in [3.05, 3.63) is 82.9 Å². The molecule has 0 heteroatoms. The van der Waals surface area contributed by atoms with Crippen LogP contribution in [0.1, 0.15) is 113 Å². The first kappa shape index (κ1) is 22.7. The van der Waals surface area contributed by atoms with Crippen molar-refractivity contribution in [2.75, 3.05) is 0 Å². The van der Waals surface area contributed by atoms with Gasteiger partial charge in [-0.3, -0.25) is 0 Å². The molecule has 4 unspecified atom stereocenters. The normalized spacial score (nSPS) is 24.7. The number of allylic oxidation sites excluding steroid dienone is 4. The fraction of sp³-hybridized carbons (Fsp3) is 0.515. The van der Waals surface area contributed by atoms with Gasteiger partial charge in [0.25, 0.3) is 0 Å². The zero-order chi connectivity index (χ0) is 23.0. The van der Waals surface area contributed by atoms with Crippen molar-refractivity contribution in [1.29, 1.82) is 0 Å². The van der Waals surface area contributed by atoms with Crippen molar-refractivity contribution in [2.45, 2.75) is 90.9 Å². The Kier molecular flexibility index (Phi) is 6.39. The molecule has 2 aromatic carbocycles. The average molecular weight is 439 g/mol. The summed E-state index contributed by atoms with van der Waals surface area (Å²) in [5, 5.41) is 0. The Bertz CT molecular complexity index is 966. The summed E-state index contributed by atoms with van der Waals surface area (Å²) in [4.78, 5) is 0. The van der Waals surface area contributed by atoms with E-state index in [0.29, 0.717) is 29.1 Å². The number of rotatable bonds is 8. The topological polar surface area (TPSA) is 0 Å². The third-order valence-corrected chi connectivity index (χ3v) is 9.18. The molecule has 0 bridgehead atoms. The predicted octanol–water partition coefficient (Wildman–Crippen LogP) is 9.78. The Hall–Kier alpha value is -2.08. The summed E-state index contributed by atoms with van der Waals surface area (Å²) in [7, 11) is 0. The van der Waals surface area contributed by atoms with Crippen LogP contribution in [-0.2, 0) is 0 Å². The summed E-state index contributed by atoms with van der Waals surface area (Å²) in [6.07, 6.45) is 16.0. The molecule has 3 aliphatic rings. The largest absolute Gasteiger partial charge is 0.0723 e. The maximum Gasteiger partial charge on any atom is 0.00954 e. The molecule has 0 aliphatic heterocycles. The summed E-state index contributed by atoms with van der Waals surface area (Å²) >= 11 is 0. The molecule has 2 aromatic rings. The summed E-state index contributed by atoms with van der Waals surface area (Å²) in [6.45, 7) is 9.55. The molecule has 0 saturated heterocycles. The van der Waals surface area contributed by atoms with Crippen molar-refractivity contribution in [3.63, 3.8) is 0 Å². The Labute approximate surface area is 202 Å². The van der Waals surface area contributed by atoms with Gasteiger partial charge < -0.3 is 0 Å². The minimum Gasteiger partial charge on any atom is -0.0723 e. The van der Waals surface area contributed by atoms with Gasteiger partial charge >= 0.3 is 0 Å². The fourth-order valence-corrected chi connectivity index (χ4v) is 7.62. The second-order valence-corrected chi connectivity index (χ2v) is 11.2. The molecule has 4 atom stereocenters. The third kappa shape index (κ3) is 3.74. The molecule has 1 fully saturated rings. The molecule has 0 radical (unpaired) electrons. The van der Waals surface area contributed by atoms with Crippen LogP contribution in [0, 0.1) is 17.3 Å². The molecule has 33 heavy (non-hydrogen) atoms. The van der Waals surface area contributed by atoms with Crippen molar-refractivity contribution >= 4 is 11.1 Å². The van der Waals surface area contributed by atoms with Crippen LogP contribution in [0.25, 0.3) is 11.1 Å². The van der Waals surface area contributed by atoms with Crippen LogP contribution in [-0.4, -0.2) is 0 Å². The van der Waals surface area contributed by atoms with Crippen LogP contribution in [0.3, 0.4) is 0 Å². The van der Waals surface area contributed by atoms with Gasteiger partial charge in [0.15, 0.2) is 0 Å². The van der Waals surface area contributed by atoms with E-state index < -0.39 is 0 Å². The van der Waals surface area contributed by atoms with Gasteiger partial charge in [-0.05, 0) is 76.3 Å². The lowest BCUT2D eigenvalue weighted by atomic mass is 9.62. The highest BCUT2D eigenvalue weighted by molar-refractivity contribution is 5.79. The van der Waals surface area contributed by atoms with Crippen molar-refractivity contribution in [3.8, 4) is 0 Å². The summed E-state index contributed by atoms with van der Waals surface area (Å²) in [5.74, 6) is 2.37. The van der Waals surface area contributed by atoms with Crippen LogP contribution in [0.15, 0.2) is 60.7 Å². The second kappa shape index (κ2) is 9.28. The smallest absolute Gasteiger partial charge is 0.00954 e. The van der Waals surface area contributed by atoms with E-state index in [9.17, 15) is 0 Å². The van der Waals surface area contributed by atoms with Gasteiger partial charge in [0.2, 0.25) is 0 Å². The maximum absolute atomic E-state index is 2.74. The van der Waals surface area contributed by atoms with Crippen LogP contribution >= 0.6 is 0 Å². The molecule has 3 aliphatic carbocycles. The SMILES string of the molecule is CCCC(C)C1=CC(C2(C3C=C(C(C)CCC)c4ccccc43)CCCC2)c2ccccc21. The van der Waals surface area contributed by atoms with Crippen molar-refractivity contribution in [1.82, 2.24) is 0 Å². The molecular formula is C33H42. The molecule has 5 rings (SSSR count). The van der Waals surface area contributed by atoms with E-state index in [0.717, 1.165) is 0 Å². The van der Waals surface area contributed by atoms with Gasteiger partial charge in [0.1, 0.15) is 0 Å². The number of hydrogen-bond donors (Lipinski definition) is 0. The van der Waals surface area contributed by atoms with Gasteiger partial charge in [-0.2, -0.15) is 0 Å². The van der Waals surface area contributed by atoms with E-state index in [4.69, 9.17) is 0 Å². The van der Waals surface area contributed by atoms with E-state index in [-0.39, 0.29) is 0 Å². The summed E-state index contributed by atoms with van der Waals surface area (Å²) in [6, 6.07) is 18.8. The highest BCUT2D eigenvalue weighted by Gasteiger charge is 2.51. The Morgan fingerprint density at radius 3 is 1.55 bits per heavy atom. The van der Waals surface area contributed by atoms with Crippen LogP contribution < -0.4 is 0 Å². The minimum atomic E-state index is 0.313. The number of benzene rings is 2.